The van der Waals surface area contributed by atoms with E-state index in [-0.39, 0.29) is 77.0 Å². The maximum absolute atomic E-state index is 15.9. The summed E-state index contributed by atoms with van der Waals surface area (Å²) in [5.74, 6) is -10.9. The van der Waals surface area contributed by atoms with Gasteiger partial charge in [0.2, 0.25) is 10.8 Å². The zero-order valence-corrected chi connectivity index (χ0v) is 49.7. The van der Waals surface area contributed by atoms with Gasteiger partial charge in [0.15, 0.2) is 0 Å². The molecule has 0 fully saturated rings. The van der Waals surface area contributed by atoms with Gasteiger partial charge in [0.1, 0.15) is 0 Å². The van der Waals surface area contributed by atoms with E-state index in [1.54, 1.807) is 0 Å². The quantitative estimate of drug-likeness (QED) is 0.0500. The Kier molecular flexibility index (Phi) is 15.1. The third-order valence-electron chi connectivity index (χ3n) is 18.1. The number of aryl methyl sites for hydroxylation is 3. The number of halogens is 12. The number of carbonyl (C=O) groups excluding carboxylic acids is 9. The Morgan fingerprint density at radius 1 is 0.457 bits per heavy atom. The number of esters is 1. The number of fused-ring (bicyclic) bond motifs is 4. The van der Waals surface area contributed by atoms with Gasteiger partial charge in [-0.3, -0.25) is 48.2 Å². The van der Waals surface area contributed by atoms with Gasteiger partial charge in [-0.2, -0.15) is 52.7 Å². The van der Waals surface area contributed by atoms with Crippen LogP contribution >= 0.6 is 0 Å². The Morgan fingerprint density at radius 2 is 0.826 bits per heavy atom. The van der Waals surface area contributed by atoms with Crippen molar-refractivity contribution >= 4 is 64.6 Å². The highest BCUT2D eigenvalue weighted by Gasteiger charge is 2.74. The fourth-order valence-electron chi connectivity index (χ4n) is 13.3. The van der Waals surface area contributed by atoms with E-state index >= 15 is 52.7 Å². The third-order valence-corrected chi connectivity index (χ3v) is 18.1. The maximum atomic E-state index is 15.9. The number of benzene rings is 6. The highest BCUT2D eigenvalue weighted by molar-refractivity contribution is 6.36. The minimum absolute atomic E-state index is 0.0212. The Balaban J connectivity index is 1.01. The number of hydrogen-bond acceptors (Lipinski definition) is 11. The molecule has 27 heteroatoms. The van der Waals surface area contributed by atoms with Gasteiger partial charge in [-0.1, -0.05) is 44.2 Å². The van der Waals surface area contributed by atoms with E-state index in [2.05, 4.69) is 0 Å². The number of aliphatic hydroxyl groups excluding tert-OH is 1. The van der Waals surface area contributed by atoms with Gasteiger partial charge < -0.3 is 9.84 Å². The van der Waals surface area contributed by atoms with Crippen molar-refractivity contribution in [3.63, 3.8) is 0 Å². The summed E-state index contributed by atoms with van der Waals surface area (Å²) in [5.41, 5.74) is -25.8. The van der Waals surface area contributed by atoms with Crippen molar-refractivity contribution in [2.24, 2.45) is 0 Å². The average Bonchev–Trinajstić information content (AvgIpc) is 1.24. The molecule has 1 N–H and O–H groups in total. The Labute approximate surface area is 514 Å². The number of anilines is 2. The second-order valence-corrected chi connectivity index (χ2v) is 23.9. The highest BCUT2D eigenvalue weighted by atomic mass is 19.4. The van der Waals surface area contributed by atoms with Crippen molar-refractivity contribution in [3.8, 4) is 0 Å². The lowest BCUT2D eigenvalue weighted by Gasteiger charge is -2.48. The molecule has 4 aliphatic heterocycles. The summed E-state index contributed by atoms with van der Waals surface area (Å²) in [7, 11) is 0.970. The van der Waals surface area contributed by atoms with Crippen molar-refractivity contribution in [2.45, 2.75) is 108 Å². The van der Waals surface area contributed by atoms with Crippen LogP contribution in [0.4, 0.5) is 64.1 Å². The standard InChI is InChI=1S/C65H50F12N4O11/c1-29-21-33(57(91)92-20-10-19-82)24-38(22-29)79-51(85)40-16-12-35(26-44(40)53(79)87)61(64(72,73)74,65(75,76)77)37-14-18-42-46(28-37)56(90)81(55(42)89)59(7,8)58(5,6)47-30(2)23-31(3)48(32(47)4)80-52(86)41-17-13-36(27-45(41)54(80)88)60(62(66,67)68,63(69,70)71)34-11-15-39-43(25-34)50(84)78(9)49(39)83/h11-18,21-28,82H,10,19-20H2,1-9H3. The predicted octanol–water partition coefficient (Wildman–Crippen LogP) is 12.5. The predicted molar refractivity (Wildman–Crippen MR) is 302 cm³/mol. The van der Waals surface area contributed by atoms with Crippen LogP contribution in [0.3, 0.4) is 0 Å². The summed E-state index contributed by atoms with van der Waals surface area (Å²) < 4.78 is 194. The zero-order chi connectivity index (χ0) is 68.2. The van der Waals surface area contributed by atoms with Crippen LogP contribution in [0.25, 0.3) is 0 Å². The fourth-order valence-corrected chi connectivity index (χ4v) is 13.3. The van der Waals surface area contributed by atoms with Crippen LogP contribution in [0.5, 0.6) is 0 Å². The summed E-state index contributed by atoms with van der Waals surface area (Å²) >= 11 is 0. The molecule has 0 spiro atoms. The Hall–Kier alpha value is -9.53. The van der Waals surface area contributed by atoms with E-state index in [9.17, 15) is 43.2 Å². The fraction of sp³-hybridized carbons (Fsp3) is 0.308. The van der Waals surface area contributed by atoms with E-state index < -0.39 is 166 Å². The molecule has 6 aromatic carbocycles. The van der Waals surface area contributed by atoms with E-state index in [0.717, 1.165) is 13.1 Å². The highest BCUT2D eigenvalue weighted by Crippen LogP contribution is 2.60. The molecule has 4 heterocycles. The molecular weight excluding hydrogens is 1240 g/mol. The van der Waals surface area contributed by atoms with E-state index in [0.29, 0.717) is 79.8 Å². The normalized spacial score (nSPS) is 15.8. The molecule has 10 rings (SSSR count). The van der Waals surface area contributed by atoms with Gasteiger partial charge in [0.05, 0.1) is 73.6 Å². The lowest BCUT2D eigenvalue weighted by Crippen LogP contribution is -2.58. The van der Waals surface area contributed by atoms with E-state index in [1.807, 2.05) is 0 Å². The van der Waals surface area contributed by atoms with Gasteiger partial charge in [-0.25, -0.2) is 14.6 Å². The molecule has 0 atom stereocenters. The third kappa shape index (κ3) is 9.09. The number of alkyl halides is 12. The first-order chi connectivity index (χ1) is 42.5. The topological polar surface area (TPSA) is 196 Å². The Morgan fingerprint density at radius 3 is 1.27 bits per heavy atom. The Bertz CT molecular complexity index is 4300. The van der Waals surface area contributed by atoms with Crippen molar-refractivity contribution in [1.82, 2.24) is 9.80 Å². The van der Waals surface area contributed by atoms with Crippen LogP contribution in [-0.2, 0) is 21.0 Å². The molecule has 4 aliphatic rings. The van der Waals surface area contributed by atoms with Crippen molar-refractivity contribution < 1.29 is 106 Å². The van der Waals surface area contributed by atoms with Crippen LogP contribution in [0.2, 0.25) is 0 Å². The van der Waals surface area contributed by atoms with Crippen LogP contribution in [0.1, 0.15) is 177 Å². The van der Waals surface area contributed by atoms with Crippen LogP contribution in [0.15, 0.2) is 97.1 Å². The number of aliphatic hydroxyl groups is 1. The lowest BCUT2D eigenvalue weighted by molar-refractivity contribution is -0.290. The first kappa shape index (κ1) is 65.4. The van der Waals surface area contributed by atoms with Gasteiger partial charge >= 0.3 is 30.7 Å². The molecule has 0 saturated carbocycles. The smallest absolute Gasteiger partial charge is 0.411 e. The van der Waals surface area contributed by atoms with E-state index in [4.69, 9.17) is 9.84 Å². The number of nitrogens with zero attached hydrogens (tertiary/aromatic N) is 4. The van der Waals surface area contributed by atoms with Gasteiger partial charge in [-0.15, -0.1) is 0 Å². The van der Waals surface area contributed by atoms with Crippen LogP contribution in [-0.4, -0.2) is 119 Å². The van der Waals surface area contributed by atoms with Gasteiger partial charge in [0.25, 0.3) is 47.3 Å². The molecule has 0 saturated heterocycles. The molecule has 0 radical (unpaired) electrons. The SMILES string of the molecule is Cc1cc(C(=O)OCCCO)cc(N2C(=O)c3ccc(C(c4ccc5c(c4)C(=O)N(C(C)(C)C(C)(C)c4c(C)cc(C)c(N6C(=O)c7ccc(C(c8ccc9c(c8)C(=O)N(C)C9=O)(C(F)(F)F)C(F)(F)F)cc7C6=O)c4C)C5=O)(C(F)(F)F)C(F)(F)F)cc3C2=O)c1. The number of carbonyl (C=O) groups is 9. The second kappa shape index (κ2) is 21.3. The molecule has 480 valence electrons. The van der Waals surface area contributed by atoms with Crippen molar-refractivity contribution in [1.29, 1.82) is 0 Å². The van der Waals surface area contributed by atoms with Gasteiger partial charge in [-0.05, 0) is 158 Å². The number of rotatable bonds is 13. The molecule has 15 nitrogen and oxygen atoms in total. The summed E-state index contributed by atoms with van der Waals surface area (Å²) in [6.07, 6.45) is -25.2. The second-order valence-electron chi connectivity index (χ2n) is 23.9. The van der Waals surface area contributed by atoms with Crippen LogP contribution in [0, 0.1) is 27.7 Å². The molecular formula is C65H50F12N4O11. The minimum atomic E-state index is -6.36. The minimum Gasteiger partial charge on any atom is -0.462 e. The first-order valence-corrected chi connectivity index (χ1v) is 27.8. The molecule has 92 heavy (non-hydrogen) atoms. The maximum Gasteiger partial charge on any atom is 0.411 e. The summed E-state index contributed by atoms with van der Waals surface area (Å²) in [5, 5.41) is 9.08. The average molecular weight is 1290 g/mol. The molecule has 6 aromatic rings. The molecule has 0 aromatic heterocycles. The number of amides is 8. The molecule has 0 unspecified atom stereocenters. The van der Waals surface area contributed by atoms with Crippen molar-refractivity contribution in [2.75, 3.05) is 30.1 Å². The summed E-state index contributed by atoms with van der Waals surface area (Å²) in [4.78, 5) is 127. The number of hydrogen-bond donors (Lipinski definition) is 1. The van der Waals surface area contributed by atoms with E-state index in [1.165, 1.54) is 73.6 Å². The number of imide groups is 4. The number of ether oxygens (including phenoxy) is 1. The molecule has 0 aliphatic carbocycles. The molecule has 8 amide bonds. The lowest BCUT2D eigenvalue weighted by atomic mass is 9.65. The van der Waals surface area contributed by atoms with Crippen LogP contribution < -0.4 is 9.80 Å². The monoisotopic (exact) mass is 1290 g/mol. The first-order valence-electron chi connectivity index (χ1n) is 27.8. The molecule has 0 bridgehead atoms. The zero-order valence-electron chi connectivity index (χ0n) is 49.7. The largest absolute Gasteiger partial charge is 0.462 e. The summed E-state index contributed by atoms with van der Waals surface area (Å²) in [6, 6.07) is 9.87. The summed E-state index contributed by atoms with van der Waals surface area (Å²) in [6.45, 7) is 10.8. The van der Waals surface area contributed by atoms with Gasteiger partial charge in [0, 0.05) is 25.5 Å². The van der Waals surface area contributed by atoms with Crippen molar-refractivity contribution in [3.05, 3.63) is 197 Å².